The van der Waals surface area contributed by atoms with E-state index in [0.717, 1.165) is 30.0 Å². The van der Waals surface area contributed by atoms with Crippen LogP contribution in [0.15, 0.2) is 30.6 Å². The van der Waals surface area contributed by atoms with Gasteiger partial charge >= 0.3 is 0 Å². The van der Waals surface area contributed by atoms with Crippen molar-refractivity contribution in [1.29, 1.82) is 0 Å². The van der Waals surface area contributed by atoms with Gasteiger partial charge < -0.3 is 25.0 Å². The third-order valence-corrected chi connectivity index (χ3v) is 4.18. The smallest absolute Gasteiger partial charge is 0.227 e. The summed E-state index contributed by atoms with van der Waals surface area (Å²) in [5.41, 5.74) is 2.27. The van der Waals surface area contributed by atoms with Crippen LogP contribution in [-0.4, -0.2) is 44.4 Å². The second-order valence-corrected chi connectivity index (χ2v) is 5.89. The normalized spacial score (nSPS) is 12.2. The molecule has 0 aliphatic rings. The van der Waals surface area contributed by atoms with E-state index in [1.807, 2.05) is 42.7 Å². The van der Waals surface area contributed by atoms with Gasteiger partial charge in [0.25, 0.3) is 0 Å². The number of aromatic nitrogens is 4. The highest BCUT2D eigenvalue weighted by Gasteiger charge is 2.15. The standard InChI is InChI=1S/C18H24N6O2/c1-4-12(10-25)21-18-22-16(15-17(23-18)24(5-2)11-19-15)20-13-7-6-8-14(9-13)26-3/h6-9,11-12,25H,4-5,10H2,1-3H3,(H2,20,21,22,23)/t12-/m1/s1. The molecule has 8 heteroatoms. The zero-order valence-electron chi connectivity index (χ0n) is 15.2. The molecule has 8 nitrogen and oxygen atoms in total. The van der Waals surface area contributed by atoms with Gasteiger partial charge in [-0.05, 0) is 25.5 Å². The number of hydrogen-bond donors (Lipinski definition) is 3. The molecule has 0 fully saturated rings. The monoisotopic (exact) mass is 356 g/mol. The number of benzene rings is 1. The minimum atomic E-state index is -0.102. The fraction of sp³-hybridized carbons (Fsp3) is 0.389. The van der Waals surface area contributed by atoms with Gasteiger partial charge in [0.1, 0.15) is 5.75 Å². The number of nitrogens with one attached hydrogen (secondary N) is 2. The summed E-state index contributed by atoms with van der Waals surface area (Å²) >= 11 is 0. The lowest BCUT2D eigenvalue weighted by molar-refractivity contribution is 0.271. The molecule has 0 saturated heterocycles. The van der Waals surface area contributed by atoms with Crippen LogP contribution >= 0.6 is 0 Å². The molecule has 0 spiro atoms. The molecule has 2 aromatic heterocycles. The first-order valence-corrected chi connectivity index (χ1v) is 8.69. The van der Waals surface area contributed by atoms with Gasteiger partial charge in [-0.1, -0.05) is 13.0 Å². The highest BCUT2D eigenvalue weighted by molar-refractivity contribution is 5.86. The zero-order valence-corrected chi connectivity index (χ0v) is 15.2. The molecule has 0 aliphatic heterocycles. The van der Waals surface area contributed by atoms with Gasteiger partial charge in [-0.2, -0.15) is 9.97 Å². The number of fused-ring (bicyclic) bond motifs is 1. The molecular weight excluding hydrogens is 332 g/mol. The summed E-state index contributed by atoms with van der Waals surface area (Å²) in [5, 5.41) is 15.9. The van der Waals surface area contributed by atoms with Crippen molar-refractivity contribution >= 4 is 28.6 Å². The number of anilines is 3. The molecule has 0 radical (unpaired) electrons. The van der Waals surface area contributed by atoms with Crippen LogP contribution in [0.1, 0.15) is 20.3 Å². The summed E-state index contributed by atoms with van der Waals surface area (Å²) in [5.74, 6) is 1.81. The van der Waals surface area contributed by atoms with Crippen LogP contribution in [0.5, 0.6) is 5.75 Å². The average Bonchev–Trinajstić information content (AvgIpc) is 3.09. The minimum Gasteiger partial charge on any atom is -0.497 e. The number of aliphatic hydroxyl groups is 1. The lowest BCUT2D eigenvalue weighted by atomic mass is 10.2. The molecule has 0 aliphatic carbocycles. The van der Waals surface area contributed by atoms with Gasteiger partial charge in [0.15, 0.2) is 17.0 Å². The molecule has 138 valence electrons. The van der Waals surface area contributed by atoms with E-state index in [1.165, 1.54) is 0 Å². The van der Waals surface area contributed by atoms with Gasteiger partial charge in [-0.15, -0.1) is 0 Å². The number of rotatable bonds is 8. The predicted octanol–water partition coefficient (Wildman–Crippen LogP) is 2.78. The molecule has 0 bridgehead atoms. The summed E-state index contributed by atoms with van der Waals surface area (Å²) in [6, 6.07) is 7.51. The summed E-state index contributed by atoms with van der Waals surface area (Å²) in [7, 11) is 1.63. The van der Waals surface area contributed by atoms with Crippen molar-refractivity contribution in [2.45, 2.75) is 32.9 Å². The lowest BCUT2D eigenvalue weighted by Gasteiger charge is -2.15. The van der Waals surface area contributed by atoms with E-state index in [4.69, 9.17) is 4.74 Å². The first-order valence-electron chi connectivity index (χ1n) is 8.69. The largest absolute Gasteiger partial charge is 0.497 e. The number of imidazole rings is 1. The highest BCUT2D eigenvalue weighted by atomic mass is 16.5. The van der Waals surface area contributed by atoms with Crippen molar-refractivity contribution in [1.82, 2.24) is 19.5 Å². The van der Waals surface area contributed by atoms with Gasteiger partial charge in [-0.25, -0.2) is 4.98 Å². The maximum Gasteiger partial charge on any atom is 0.227 e. The number of aryl methyl sites for hydroxylation is 1. The van der Waals surface area contributed by atoms with E-state index in [9.17, 15) is 5.11 Å². The van der Waals surface area contributed by atoms with Crippen molar-refractivity contribution in [2.75, 3.05) is 24.4 Å². The molecule has 2 heterocycles. The first kappa shape index (κ1) is 17.9. The predicted molar refractivity (Wildman–Crippen MR) is 102 cm³/mol. The lowest BCUT2D eigenvalue weighted by Crippen LogP contribution is -2.24. The fourth-order valence-electron chi connectivity index (χ4n) is 2.62. The maximum atomic E-state index is 9.46. The second kappa shape index (κ2) is 8.01. The Morgan fingerprint density at radius 1 is 1.27 bits per heavy atom. The number of methoxy groups -OCH3 is 1. The Hall–Kier alpha value is -2.87. The molecular formula is C18H24N6O2. The zero-order chi connectivity index (χ0) is 18.5. The molecule has 0 amide bonds. The van der Waals surface area contributed by atoms with Crippen LogP contribution in [0, 0.1) is 0 Å². The molecule has 3 rings (SSSR count). The van der Waals surface area contributed by atoms with Crippen molar-refractivity contribution in [3.63, 3.8) is 0 Å². The summed E-state index contributed by atoms with van der Waals surface area (Å²) in [6.45, 7) is 4.80. The third kappa shape index (κ3) is 3.70. The van der Waals surface area contributed by atoms with Crippen LogP contribution in [0.3, 0.4) is 0 Å². The maximum absolute atomic E-state index is 9.46. The molecule has 3 aromatic rings. The Balaban J connectivity index is 2.02. The van der Waals surface area contributed by atoms with Gasteiger partial charge in [0.05, 0.1) is 26.1 Å². The number of aliphatic hydroxyl groups excluding tert-OH is 1. The molecule has 0 unspecified atom stereocenters. The van der Waals surface area contributed by atoms with Crippen molar-refractivity contribution < 1.29 is 9.84 Å². The van der Waals surface area contributed by atoms with E-state index >= 15 is 0 Å². The van der Waals surface area contributed by atoms with Gasteiger partial charge in [-0.3, -0.25) is 0 Å². The average molecular weight is 356 g/mol. The van der Waals surface area contributed by atoms with E-state index in [2.05, 4.69) is 25.6 Å². The van der Waals surface area contributed by atoms with Crippen molar-refractivity contribution in [3.05, 3.63) is 30.6 Å². The Morgan fingerprint density at radius 2 is 2.12 bits per heavy atom. The third-order valence-electron chi connectivity index (χ3n) is 4.18. The Labute approximate surface area is 152 Å². The fourth-order valence-corrected chi connectivity index (χ4v) is 2.62. The second-order valence-electron chi connectivity index (χ2n) is 5.89. The van der Waals surface area contributed by atoms with Crippen LogP contribution in [0.25, 0.3) is 11.2 Å². The number of hydrogen-bond acceptors (Lipinski definition) is 7. The summed E-state index contributed by atoms with van der Waals surface area (Å²) in [6.07, 6.45) is 2.52. The van der Waals surface area contributed by atoms with Gasteiger partial charge in [0, 0.05) is 18.3 Å². The van der Waals surface area contributed by atoms with Crippen LogP contribution in [-0.2, 0) is 6.54 Å². The topological polar surface area (TPSA) is 97.1 Å². The van der Waals surface area contributed by atoms with E-state index in [0.29, 0.717) is 17.3 Å². The Kier molecular flexibility index (Phi) is 5.52. The quantitative estimate of drug-likeness (QED) is 0.571. The molecule has 1 aromatic carbocycles. The van der Waals surface area contributed by atoms with Gasteiger partial charge in [0.2, 0.25) is 5.95 Å². The molecule has 26 heavy (non-hydrogen) atoms. The van der Waals surface area contributed by atoms with Crippen molar-refractivity contribution in [3.8, 4) is 5.75 Å². The van der Waals surface area contributed by atoms with Crippen LogP contribution in [0.4, 0.5) is 17.5 Å². The van der Waals surface area contributed by atoms with E-state index < -0.39 is 0 Å². The molecule has 1 atom stereocenters. The SMILES string of the molecule is CC[C@H](CO)Nc1nc(Nc2cccc(OC)c2)c2ncn(CC)c2n1. The first-order chi connectivity index (χ1) is 12.7. The van der Waals surface area contributed by atoms with E-state index in [-0.39, 0.29) is 12.6 Å². The summed E-state index contributed by atoms with van der Waals surface area (Å²) < 4.78 is 7.23. The van der Waals surface area contributed by atoms with E-state index in [1.54, 1.807) is 13.4 Å². The number of ether oxygens (including phenoxy) is 1. The highest BCUT2D eigenvalue weighted by Crippen LogP contribution is 2.26. The molecule has 0 saturated carbocycles. The Bertz CT molecular complexity index is 875. The number of nitrogens with zero attached hydrogens (tertiary/aromatic N) is 4. The minimum absolute atomic E-state index is 0.0174. The van der Waals surface area contributed by atoms with Crippen LogP contribution in [0.2, 0.25) is 0 Å². The van der Waals surface area contributed by atoms with Crippen molar-refractivity contribution in [2.24, 2.45) is 0 Å². The summed E-state index contributed by atoms with van der Waals surface area (Å²) in [4.78, 5) is 13.6. The molecule has 3 N–H and O–H groups in total. The Morgan fingerprint density at radius 3 is 2.81 bits per heavy atom. The van der Waals surface area contributed by atoms with Crippen LogP contribution < -0.4 is 15.4 Å².